The average Bonchev–Trinajstić information content (AvgIpc) is 2.89. The Bertz CT molecular complexity index is 521. The third-order valence-electron chi connectivity index (χ3n) is 2.53. The number of anilines is 1. The van der Waals surface area contributed by atoms with Crippen molar-refractivity contribution in [2.75, 3.05) is 12.3 Å². The second kappa shape index (κ2) is 5.11. The van der Waals surface area contributed by atoms with Crippen LogP contribution in [0.25, 0.3) is 0 Å². The van der Waals surface area contributed by atoms with E-state index in [-0.39, 0.29) is 9.47 Å². The molecule has 1 aliphatic carbocycles. The molecule has 1 aliphatic rings. The van der Waals surface area contributed by atoms with E-state index in [2.05, 4.69) is 21.0 Å². The molecule has 0 saturated heterocycles. The second-order valence-electron chi connectivity index (χ2n) is 3.81. The molecule has 17 heavy (non-hydrogen) atoms. The molecule has 0 aromatic carbocycles. The Morgan fingerprint density at radius 1 is 1.47 bits per heavy atom. The summed E-state index contributed by atoms with van der Waals surface area (Å²) < 4.78 is 25.9. The largest absolute Gasteiger partial charge is 0.374 e. The molecule has 0 fully saturated rings. The van der Waals surface area contributed by atoms with E-state index in [1.807, 2.05) is 0 Å². The monoisotopic (exact) mass is 274 g/mol. The summed E-state index contributed by atoms with van der Waals surface area (Å²) >= 11 is 0.868. The predicted octanol–water partition coefficient (Wildman–Crippen LogP) is 0.899. The Labute approximate surface area is 104 Å². The molecule has 2 rings (SSSR count). The van der Waals surface area contributed by atoms with Crippen LogP contribution in [0.1, 0.15) is 25.7 Å². The van der Waals surface area contributed by atoms with Gasteiger partial charge in [0.2, 0.25) is 9.47 Å². The van der Waals surface area contributed by atoms with E-state index in [0.29, 0.717) is 6.54 Å². The lowest BCUT2D eigenvalue weighted by Gasteiger charge is -2.03. The van der Waals surface area contributed by atoms with Crippen molar-refractivity contribution >= 4 is 26.5 Å². The van der Waals surface area contributed by atoms with E-state index in [4.69, 9.17) is 5.73 Å². The van der Waals surface area contributed by atoms with Gasteiger partial charge >= 0.3 is 0 Å². The Hall–Kier alpha value is -0.990. The lowest BCUT2D eigenvalue weighted by molar-refractivity contribution is 0.579. The lowest BCUT2D eigenvalue weighted by Crippen LogP contribution is -2.24. The van der Waals surface area contributed by atoms with Crippen molar-refractivity contribution in [2.24, 2.45) is 0 Å². The Morgan fingerprint density at radius 2 is 2.29 bits per heavy atom. The normalized spacial score (nSPS) is 16.1. The first-order valence-electron chi connectivity index (χ1n) is 5.34. The number of nitrogens with two attached hydrogens (primary N) is 1. The second-order valence-corrected chi connectivity index (χ2v) is 6.76. The molecular weight excluding hydrogens is 260 g/mol. The number of nitrogen functional groups attached to an aromatic ring is 1. The minimum absolute atomic E-state index is 0.0737. The smallest absolute Gasteiger partial charge is 0.269 e. The molecule has 94 valence electrons. The fourth-order valence-corrected chi connectivity index (χ4v) is 3.56. The summed E-state index contributed by atoms with van der Waals surface area (Å²) in [5, 5.41) is 7.16. The number of sulfonamides is 1. The summed E-state index contributed by atoms with van der Waals surface area (Å²) in [4.78, 5) is 0. The van der Waals surface area contributed by atoms with E-state index in [1.54, 1.807) is 0 Å². The fraction of sp³-hybridized carbons (Fsp3) is 0.556. The van der Waals surface area contributed by atoms with E-state index in [9.17, 15) is 8.42 Å². The molecule has 1 heterocycles. The SMILES string of the molecule is Nc1nnc(S(=O)(=O)NCCC2=CCCC2)s1. The van der Waals surface area contributed by atoms with Gasteiger partial charge in [-0.3, -0.25) is 0 Å². The lowest BCUT2D eigenvalue weighted by atomic mass is 10.2. The molecule has 0 radical (unpaired) electrons. The maximum absolute atomic E-state index is 11.7. The number of hydrogen-bond donors (Lipinski definition) is 2. The van der Waals surface area contributed by atoms with Crippen molar-refractivity contribution in [3.8, 4) is 0 Å². The van der Waals surface area contributed by atoms with Crippen LogP contribution in [0, 0.1) is 0 Å². The van der Waals surface area contributed by atoms with Crippen LogP contribution in [-0.2, 0) is 10.0 Å². The third kappa shape index (κ3) is 3.24. The molecule has 0 spiro atoms. The van der Waals surface area contributed by atoms with Crippen molar-refractivity contribution in [3.63, 3.8) is 0 Å². The molecule has 8 heteroatoms. The highest BCUT2D eigenvalue weighted by atomic mass is 32.2. The predicted molar refractivity (Wildman–Crippen MR) is 66.1 cm³/mol. The first kappa shape index (κ1) is 12.5. The van der Waals surface area contributed by atoms with Gasteiger partial charge < -0.3 is 5.73 Å². The van der Waals surface area contributed by atoms with Crippen molar-refractivity contribution in [1.29, 1.82) is 0 Å². The summed E-state index contributed by atoms with van der Waals surface area (Å²) in [6.07, 6.45) is 6.29. The van der Waals surface area contributed by atoms with Gasteiger partial charge in [0.15, 0.2) is 0 Å². The first-order chi connectivity index (χ1) is 8.08. The van der Waals surface area contributed by atoms with E-state index >= 15 is 0 Å². The maximum atomic E-state index is 11.7. The first-order valence-corrected chi connectivity index (χ1v) is 7.64. The summed E-state index contributed by atoms with van der Waals surface area (Å²) in [5.74, 6) is 0. The van der Waals surface area contributed by atoms with Gasteiger partial charge in [0.1, 0.15) is 0 Å². The average molecular weight is 274 g/mol. The van der Waals surface area contributed by atoms with Crippen molar-refractivity contribution < 1.29 is 8.42 Å². The molecule has 0 amide bonds. The molecule has 6 nitrogen and oxygen atoms in total. The number of allylic oxidation sites excluding steroid dienone is 1. The summed E-state index contributed by atoms with van der Waals surface area (Å²) in [6.45, 7) is 0.396. The van der Waals surface area contributed by atoms with E-state index in [0.717, 1.165) is 30.6 Å². The van der Waals surface area contributed by atoms with Crippen LogP contribution >= 0.6 is 11.3 Å². The minimum atomic E-state index is -3.54. The minimum Gasteiger partial charge on any atom is -0.374 e. The summed E-state index contributed by atoms with van der Waals surface area (Å²) in [7, 11) is -3.54. The van der Waals surface area contributed by atoms with Crippen LogP contribution in [0.5, 0.6) is 0 Å². The van der Waals surface area contributed by atoms with Gasteiger partial charge in [0.05, 0.1) is 0 Å². The van der Waals surface area contributed by atoms with Crippen molar-refractivity contribution in [1.82, 2.24) is 14.9 Å². The number of rotatable bonds is 5. The molecular formula is C9H14N4O2S2. The van der Waals surface area contributed by atoms with Crippen LogP contribution in [0.4, 0.5) is 5.13 Å². The van der Waals surface area contributed by atoms with Gasteiger partial charge in [0.25, 0.3) is 10.0 Å². The molecule has 0 aliphatic heterocycles. The number of aromatic nitrogens is 2. The Morgan fingerprint density at radius 3 is 2.88 bits per heavy atom. The van der Waals surface area contributed by atoms with Crippen LogP contribution < -0.4 is 10.5 Å². The number of nitrogens with one attached hydrogen (secondary N) is 1. The molecule has 3 N–H and O–H groups in total. The fourth-order valence-electron chi connectivity index (χ4n) is 1.70. The third-order valence-corrected chi connectivity index (χ3v) is 5.11. The molecule has 0 bridgehead atoms. The highest BCUT2D eigenvalue weighted by Gasteiger charge is 2.19. The highest BCUT2D eigenvalue weighted by Crippen LogP contribution is 2.20. The Balaban J connectivity index is 1.89. The number of hydrogen-bond acceptors (Lipinski definition) is 6. The number of nitrogens with zero attached hydrogens (tertiary/aromatic N) is 2. The molecule has 1 aromatic rings. The quantitative estimate of drug-likeness (QED) is 0.777. The van der Waals surface area contributed by atoms with Crippen LogP contribution in [0.2, 0.25) is 0 Å². The van der Waals surface area contributed by atoms with Gasteiger partial charge in [-0.1, -0.05) is 23.0 Å². The van der Waals surface area contributed by atoms with Crippen LogP contribution in [0.3, 0.4) is 0 Å². The zero-order valence-corrected chi connectivity index (χ0v) is 10.9. The van der Waals surface area contributed by atoms with Crippen LogP contribution in [0.15, 0.2) is 16.0 Å². The van der Waals surface area contributed by atoms with Crippen molar-refractivity contribution in [2.45, 2.75) is 30.0 Å². The van der Waals surface area contributed by atoms with Crippen molar-refractivity contribution in [3.05, 3.63) is 11.6 Å². The molecule has 0 atom stereocenters. The molecule has 0 unspecified atom stereocenters. The highest BCUT2D eigenvalue weighted by molar-refractivity contribution is 7.91. The van der Waals surface area contributed by atoms with E-state index < -0.39 is 10.0 Å². The molecule has 1 aromatic heterocycles. The zero-order valence-electron chi connectivity index (χ0n) is 9.22. The van der Waals surface area contributed by atoms with Gasteiger partial charge in [-0.25, -0.2) is 13.1 Å². The van der Waals surface area contributed by atoms with Gasteiger partial charge in [-0.2, -0.15) is 0 Å². The van der Waals surface area contributed by atoms with Gasteiger partial charge in [0, 0.05) is 6.54 Å². The van der Waals surface area contributed by atoms with E-state index in [1.165, 1.54) is 12.0 Å². The van der Waals surface area contributed by atoms with Crippen LogP contribution in [-0.4, -0.2) is 25.2 Å². The summed E-state index contributed by atoms with van der Waals surface area (Å²) in [6, 6.07) is 0. The zero-order chi connectivity index (χ0) is 12.3. The Kier molecular flexibility index (Phi) is 3.75. The van der Waals surface area contributed by atoms with Gasteiger partial charge in [-0.15, -0.1) is 10.2 Å². The topological polar surface area (TPSA) is 98.0 Å². The molecule has 0 saturated carbocycles. The standard InChI is InChI=1S/C9H14N4O2S2/c10-8-12-13-9(16-8)17(14,15)11-6-5-7-3-1-2-4-7/h3,11H,1-2,4-6H2,(H2,10,12). The summed E-state index contributed by atoms with van der Waals surface area (Å²) in [5.41, 5.74) is 6.67. The maximum Gasteiger partial charge on any atom is 0.269 e. The van der Waals surface area contributed by atoms with Gasteiger partial charge in [-0.05, 0) is 25.7 Å².